The molecule has 5 nitrogen and oxygen atoms in total. The van der Waals surface area contributed by atoms with Crippen LogP contribution >= 0.6 is 11.8 Å². The number of fused-ring (bicyclic) bond motifs is 2. The van der Waals surface area contributed by atoms with E-state index in [4.69, 9.17) is 9.15 Å². The Morgan fingerprint density at radius 3 is 3.18 bits per heavy atom. The van der Waals surface area contributed by atoms with Gasteiger partial charge in [-0.2, -0.15) is 0 Å². The van der Waals surface area contributed by atoms with Crippen LogP contribution in [0.25, 0.3) is 16.7 Å². The molecule has 0 amide bonds. The number of hydrogen-bond acceptors (Lipinski definition) is 6. The van der Waals surface area contributed by atoms with E-state index in [0.717, 1.165) is 51.1 Å². The van der Waals surface area contributed by atoms with E-state index in [-0.39, 0.29) is 6.61 Å². The van der Waals surface area contributed by atoms with Crippen LogP contribution in [0.5, 0.6) is 5.75 Å². The minimum absolute atomic E-state index is 0.132. The zero-order chi connectivity index (χ0) is 15.1. The Morgan fingerprint density at radius 2 is 2.36 bits per heavy atom. The molecule has 0 radical (unpaired) electrons. The van der Waals surface area contributed by atoms with Crippen molar-refractivity contribution in [1.82, 2.24) is 4.90 Å². The highest BCUT2D eigenvalue weighted by Gasteiger charge is 2.33. The van der Waals surface area contributed by atoms with Crippen LogP contribution in [0.1, 0.15) is 12.0 Å². The first-order chi connectivity index (χ1) is 10.8. The number of hydrogen-bond donors (Lipinski definition) is 1. The van der Waals surface area contributed by atoms with Gasteiger partial charge in [-0.1, -0.05) is 11.8 Å². The molecule has 0 unspecified atom stereocenters. The van der Waals surface area contributed by atoms with Crippen LogP contribution in [0.3, 0.4) is 0 Å². The van der Waals surface area contributed by atoms with Gasteiger partial charge in [-0.3, -0.25) is 4.99 Å². The van der Waals surface area contributed by atoms with Crippen molar-refractivity contribution in [3.8, 4) is 5.75 Å². The molecule has 0 spiro atoms. The smallest absolute Gasteiger partial charge is 0.168 e. The lowest BCUT2D eigenvalue weighted by Gasteiger charge is -2.18. The van der Waals surface area contributed by atoms with Crippen molar-refractivity contribution in [1.29, 1.82) is 0 Å². The minimum atomic E-state index is 0.132. The van der Waals surface area contributed by atoms with Gasteiger partial charge in [-0.25, -0.2) is 0 Å². The van der Waals surface area contributed by atoms with Crippen LogP contribution in [-0.4, -0.2) is 42.0 Å². The molecule has 2 aliphatic rings. The number of furan rings is 1. The summed E-state index contributed by atoms with van der Waals surface area (Å²) < 4.78 is 11.1. The topological polar surface area (TPSA) is 58.2 Å². The van der Waals surface area contributed by atoms with Gasteiger partial charge in [0, 0.05) is 30.0 Å². The number of methoxy groups -OCH3 is 1. The molecule has 0 atom stereocenters. The van der Waals surface area contributed by atoms with Crippen LogP contribution < -0.4 is 4.74 Å². The number of aliphatic hydroxyl groups is 1. The summed E-state index contributed by atoms with van der Waals surface area (Å²) in [6, 6.07) is 5.98. The number of benzene rings is 1. The van der Waals surface area contributed by atoms with E-state index in [1.54, 1.807) is 25.1 Å². The number of thioether (sulfide) groups is 1. The predicted octanol–water partition coefficient (Wildman–Crippen LogP) is 2.91. The van der Waals surface area contributed by atoms with Crippen molar-refractivity contribution >= 4 is 33.6 Å². The van der Waals surface area contributed by atoms with Crippen LogP contribution in [0.4, 0.5) is 0 Å². The number of ether oxygens (including phenoxy) is 1. The predicted molar refractivity (Wildman–Crippen MR) is 88.0 cm³/mol. The van der Waals surface area contributed by atoms with Crippen molar-refractivity contribution in [2.24, 2.45) is 4.99 Å². The molecule has 0 fully saturated rings. The van der Waals surface area contributed by atoms with E-state index in [1.807, 2.05) is 18.2 Å². The molecule has 1 aromatic heterocycles. The second-order valence-corrected chi connectivity index (χ2v) is 6.24. The van der Waals surface area contributed by atoms with Crippen molar-refractivity contribution in [3.63, 3.8) is 0 Å². The third-order valence-electron chi connectivity index (χ3n) is 3.92. The summed E-state index contributed by atoms with van der Waals surface area (Å²) in [7, 11) is 1.67. The summed E-state index contributed by atoms with van der Waals surface area (Å²) in [4.78, 5) is 7.90. The summed E-state index contributed by atoms with van der Waals surface area (Å²) in [5, 5.41) is 11.3. The summed E-state index contributed by atoms with van der Waals surface area (Å²) in [6.07, 6.45) is 2.31. The molecule has 6 heteroatoms. The van der Waals surface area contributed by atoms with Gasteiger partial charge in [0.2, 0.25) is 0 Å². The Balaban J connectivity index is 1.88. The molecule has 114 valence electrons. The minimum Gasteiger partial charge on any atom is -0.496 e. The van der Waals surface area contributed by atoms with E-state index in [1.165, 1.54) is 0 Å². The normalized spacial score (nSPS) is 17.4. The largest absolute Gasteiger partial charge is 0.496 e. The lowest BCUT2D eigenvalue weighted by molar-refractivity contribution is 0.301. The Kier molecular flexibility index (Phi) is 3.35. The average Bonchev–Trinajstić information content (AvgIpc) is 3.20. The van der Waals surface area contributed by atoms with Crippen LogP contribution in [0.15, 0.2) is 38.8 Å². The van der Waals surface area contributed by atoms with Gasteiger partial charge in [0.25, 0.3) is 0 Å². The molecule has 0 aliphatic carbocycles. The third kappa shape index (κ3) is 2.02. The maximum Gasteiger partial charge on any atom is 0.168 e. The highest BCUT2D eigenvalue weighted by atomic mass is 32.2. The fraction of sp³-hybridized carbons (Fsp3) is 0.312. The maximum atomic E-state index is 9.34. The van der Waals surface area contributed by atoms with E-state index >= 15 is 0 Å². The van der Waals surface area contributed by atoms with Crippen molar-refractivity contribution in [3.05, 3.63) is 34.9 Å². The molecule has 2 aromatic rings. The van der Waals surface area contributed by atoms with Crippen LogP contribution in [0, 0.1) is 0 Å². The van der Waals surface area contributed by atoms with Crippen LogP contribution in [-0.2, 0) is 0 Å². The second kappa shape index (κ2) is 5.37. The number of aliphatic hydroxyl groups excluding tert-OH is 1. The number of amidine groups is 1. The third-order valence-corrected chi connectivity index (χ3v) is 5.09. The molecule has 0 bridgehead atoms. The Hall–Kier alpha value is -1.92. The van der Waals surface area contributed by atoms with Crippen molar-refractivity contribution < 1.29 is 14.3 Å². The highest BCUT2D eigenvalue weighted by molar-refractivity contribution is 8.17. The molecule has 22 heavy (non-hydrogen) atoms. The molecule has 3 heterocycles. The van der Waals surface area contributed by atoms with Gasteiger partial charge in [0.15, 0.2) is 5.17 Å². The summed E-state index contributed by atoms with van der Waals surface area (Å²) in [5.41, 5.74) is 2.97. The summed E-state index contributed by atoms with van der Waals surface area (Å²) in [6.45, 7) is 1.83. The quantitative estimate of drug-likeness (QED) is 0.940. The fourth-order valence-electron chi connectivity index (χ4n) is 2.96. The van der Waals surface area contributed by atoms with Gasteiger partial charge in [0.1, 0.15) is 11.3 Å². The van der Waals surface area contributed by atoms with Crippen LogP contribution in [0.2, 0.25) is 0 Å². The first kappa shape index (κ1) is 13.7. The zero-order valence-corrected chi connectivity index (χ0v) is 13.0. The van der Waals surface area contributed by atoms with E-state index in [0.29, 0.717) is 6.42 Å². The second-order valence-electron chi connectivity index (χ2n) is 5.17. The fourth-order valence-corrected chi connectivity index (χ4v) is 4.15. The Bertz CT molecular complexity index is 794. The molecular weight excluding hydrogens is 300 g/mol. The van der Waals surface area contributed by atoms with Gasteiger partial charge < -0.3 is 19.2 Å². The monoisotopic (exact) mass is 316 g/mol. The molecule has 0 saturated heterocycles. The van der Waals surface area contributed by atoms with E-state index in [2.05, 4.69) is 9.89 Å². The lowest BCUT2D eigenvalue weighted by Crippen LogP contribution is -2.20. The standard InChI is InChI=1S/C16H16N2O3S/c1-20-12-8-10(9-13-11(12)3-7-21-13)15-14(2-6-19)22-16-17-4-5-18(15)16/h3,7-9,19H,2,4-6H2,1H3. The highest BCUT2D eigenvalue weighted by Crippen LogP contribution is 2.44. The molecule has 2 aliphatic heterocycles. The Labute approximate surface area is 132 Å². The molecule has 0 saturated carbocycles. The summed E-state index contributed by atoms with van der Waals surface area (Å²) in [5.74, 6) is 0.798. The van der Waals surface area contributed by atoms with E-state index < -0.39 is 0 Å². The maximum absolute atomic E-state index is 9.34. The van der Waals surface area contributed by atoms with Gasteiger partial charge in [-0.05, 0) is 18.2 Å². The van der Waals surface area contributed by atoms with Crippen molar-refractivity contribution in [2.75, 3.05) is 26.8 Å². The lowest BCUT2D eigenvalue weighted by atomic mass is 10.1. The molecule has 1 aromatic carbocycles. The van der Waals surface area contributed by atoms with E-state index in [9.17, 15) is 5.11 Å². The zero-order valence-electron chi connectivity index (χ0n) is 12.2. The molecule has 1 N–H and O–H groups in total. The van der Waals surface area contributed by atoms with Crippen molar-refractivity contribution in [2.45, 2.75) is 6.42 Å². The first-order valence-electron chi connectivity index (χ1n) is 7.21. The average molecular weight is 316 g/mol. The molecule has 4 rings (SSSR count). The summed E-state index contributed by atoms with van der Waals surface area (Å²) >= 11 is 1.65. The van der Waals surface area contributed by atoms with Gasteiger partial charge in [-0.15, -0.1) is 0 Å². The Morgan fingerprint density at radius 1 is 1.45 bits per heavy atom. The molecular formula is C16H16N2O3S. The SMILES string of the molecule is COc1cc(C2=C(CCO)SC3=NCCN32)cc2occc12. The number of aliphatic imine (C=N–C) groups is 1. The number of rotatable bonds is 4. The van der Waals surface area contributed by atoms with Gasteiger partial charge in [0.05, 0.1) is 31.0 Å². The first-order valence-corrected chi connectivity index (χ1v) is 8.03. The van der Waals surface area contributed by atoms with Gasteiger partial charge >= 0.3 is 0 Å². The number of nitrogens with zero attached hydrogens (tertiary/aromatic N) is 2.